The maximum absolute atomic E-state index is 11.7. The Balaban J connectivity index is 1.65. The van der Waals surface area contributed by atoms with Crippen LogP contribution < -0.4 is 15.4 Å². The molecule has 1 heterocycles. The van der Waals surface area contributed by atoms with E-state index in [1.165, 1.54) is 5.57 Å². The van der Waals surface area contributed by atoms with Crippen LogP contribution in [0, 0.1) is 0 Å². The molecule has 1 aliphatic heterocycles. The Labute approximate surface area is 124 Å². The minimum Gasteiger partial charge on any atom is -0.491 e. The molecule has 0 spiro atoms. The first-order valence-corrected chi connectivity index (χ1v) is 7.16. The number of hydrogen-bond donors (Lipinski definition) is 2. The van der Waals surface area contributed by atoms with Crippen LogP contribution in [0.15, 0.2) is 35.9 Å². The average molecular weight is 295 g/mol. The van der Waals surface area contributed by atoms with Gasteiger partial charge >= 0.3 is 0 Å². The molecule has 1 aliphatic rings. The van der Waals surface area contributed by atoms with Crippen LogP contribution in [0.5, 0.6) is 5.75 Å². The minimum absolute atomic E-state index is 0.00325. The molecule has 0 bridgehead atoms. The normalized spacial score (nSPS) is 14.6. The van der Waals surface area contributed by atoms with Crippen molar-refractivity contribution in [2.24, 2.45) is 0 Å². The molecule has 0 radical (unpaired) electrons. The minimum atomic E-state index is -0.00325. The van der Waals surface area contributed by atoms with Crippen molar-refractivity contribution in [3.8, 4) is 5.75 Å². The third kappa shape index (κ3) is 4.87. The van der Waals surface area contributed by atoms with Crippen molar-refractivity contribution in [3.05, 3.63) is 40.9 Å². The van der Waals surface area contributed by atoms with E-state index in [1.54, 1.807) is 12.1 Å². The van der Waals surface area contributed by atoms with Crippen LogP contribution in [0.3, 0.4) is 0 Å². The summed E-state index contributed by atoms with van der Waals surface area (Å²) in [5, 5.41) is 6.71. The van der Waals surface area contributed by atoms with Gasteiger partial charge in [-0.05, 0) is 25.1 Å². The van der Waals surface area contributed by atoms with Crippen LogP contribution in [0.1, 0.15) is 12.8 Å². The van der Waals surface area contributed by atoms with Crippen molar-refractivity contribution in [2.75, 3.05) is 26.2 Å². The molecule has 0 aliphatic carbocycles. The van der Waals surface area contributed by atoms with E-state index in [-0.39, 0.29) is 5.91 Å². The summed E-state index contributed by atoms with van der Waals surface area (Å²) in [5.41, 5.74) is 1.28. The molecule has 2 N–H and O–H groups in total. The quantitative estimate of drug-likeness (QED) is 0.791. The summed E-state index contributed by atoms with van der Waals surface area (Å²) < 4.78 is 5.48. The summed E-state index contributed by atoms with van der Waals surface area (Å²) in [6.45, 7) is 2.83. The highest BCUT2D eigenvalue weighted by Gasteiger charge is 2.06. The molecule has 0 saturated carbocycles. The maximum Gasteiger partial charge on any atom is 0.223 e. The van der Waals surface area contributed by atoms with Gasteiger partial charge in [0, 0.05) is 13.1 Å². The summed E-state index contributed by atoms with van der Waals surface area (Å²) in [6.07, 6.45) is 3.46. The average Bonchev–Trinajstić information content (AvgIpc) is 2.48. The summed E-state index contributed by atoms with van der Waals surface area (Å²) in [4.78, 5) is 11.7. The number of carbonyl (C=O) groups is 1. The number of rotatable bonds is 6. The molecule has 108 valence electrons. The molecule has 0 aromatic heterocycles. The number of nitrogens with one attached hydrogen (secondary N) is 2. The lowest BCUT2D eigenvalue weighted by molar-refractivity contribution is -0.121. The van der Waals surface area contributed by atoms with Crippen LogP contribution in [-0.2, 0) is 4.79 Å². The summed E-state index contributed by atoms with van der Waals surface area (Å²) in [5.74, 6) is 0.611. The number of para-hydroxylation sites is 1. The fourth-order valence-corrected chi connectivity index (χ4v) is 2.14. The lowest BCUT2D eigenvalue weighted by Crippen LogP contribution is -2.30. The van der Waals surface area contributed by atoms with Gasteiger partial charge in [0.2, 0.25) is 5.91 Å². The maximum atomic E-state index is 11.7. The number of carbonyl (C=O) groups excluding carboxylic acids is 1. The number of halogens is 1. The fraction of sp³-hybridized carbons (Fsp3) is 0.400. The van der Waals surface area contributed by atoms with Gasteiger partial charge in [-0.25, -0.2) is 0 Å². The zero-order chi connectivity index (χ0) is 14.2. The van der Waals surface area contributed by atoms with E-state index in [0.717, 1.165) is 19.5 Å². The van der Waals surface area contributed by atoms with Crippen LogP contribution in [0.2, 0.25) is 5.02 Å². The Morgan fingerprint density at radius 2 is 2.25 bits per heavy atom. The summed E-state index contributed by atoms with van der Waals surface area (Å²) >= 11 is 5.96. The molecule has 0 atom stereocenters. The predicted molar refractivity (Wildman–Crippen MR) is 80.1 cm³/mol. The first-order valence-electron chi connectivity index (χ1n) is 6.78. The van der Waals surface area contributed by atoms with Crippen molar-refractivity contribution in [1.82, 2.24) is 10.6 Å². The third-order valence-corrected chi connectivity index (χ3v) is 3.41. The zero-order valence-electron chi connectivity index (χ0n) is 11.3. The van der Waals surface area contributed by atoms with E-state index in [0.29, 0.717) is 30.3 Å². The lowest BCUT2D eigenvalue weighted by Gasteiger charge is -2.14. The smallest absolute Gasteiger partial charge is 0.223 e. The van der Waals surface area contributed by atoms with Gasteiger partial charge in [-0.2, -0.15) is 0 Å². The van der Waals surface area contributed by atoms with Crippen LogP contribution in [-0.4, -0.2) is 32.1 Å². The summed E-state index contributed by atoms with van der Waals surface area (Å²) in [7, 11) is 0. The van der Waals surface area contributed by atoms with Gasteiger partial charge in [0.15, 0.2) is 0 Å². The van der Waals surface area contributed by atoms with Crippen molar-refractivity contribution >= 4 is 17.5 Å². The third-order valence-electron chi connectivity index (χ3n) is 3.09. The number of ether oxygens (including phenoxy) is 1. The molecule has 5 heteroatoms. The Kier molecular flexibility index (Phi) is 5.89. The first-order chi connectivity index (χ1) is 9.75. The standard InChI is InChI=1S/C15H19ClN2O2/c16-13-3-1-2-4-14(13)20-10-7-15(19)18-11-12-5-8-17-9-6-12/h1-5,17H,6-11H2,(H,18,19). The van der Waals surface area contributed by atoms with E-state index < -0.39 is 0 Å². The second kappa shape index (κ2) is 7.92. The largest absolute Gasteiger partial charge is 0.491 e. The van der Waals surface area contributed by atoms with E-state index in [4.69, 9.17) is 16.3 Å². The van der Waals surface area contributed by atoms with Gasteiger partial charge in [-0.1, -0.05) is 35.4 Å². The molecule has 4 nitrogen and oxygen atoms in total. The number of benzene rings is 1. The summed E-state index contributed by atoms with van der Waals surface area (Å²) in [6, 6.07) is 7.25. The Morgan fingerprint density at radius 1 is 1.40 bits per heavy atom. The highest BCUT2D eigenvalue weighted by atomic mass is 35.5. The van der Waals surface area contributed by atoms with Gasteiger partial charge in [0.05, 0.1) is 18.1 Å². The van der Waals surface area contributed by atoms with Gasteiger partial charge in [-0.3, -0.25) is 4.79 Å². The molecular formula is C15H19ClN2O2. The van der Waals surface area contributed by atoms with Crippen LogP contribution in [0.25, 0.3) is 0 Å². The fourth-order valence-electron chi connectivity index (χ4n) is 1.95. The first kappa shape index (κ1) is 14.9. The molecule has 0 fully saturated rings. The van der Waals surface area contributed by atoms with Crippen LogP contribution >= 0.6 is 11.6 Å². The highest BCUT2D eigenvalue weighted by Crippen LogP contribution is 2.22. The van der Waals surface area contributed by atoms with Crippen LogP contribution in [0.4, 0.5) is 0 Å². The zero-order valence-corrected chi connectivity index (χ0v) is 12.1. The SMILES string of the molecule is O=C(CCOc1ccccc1Cl)NCC1=CCNCC1. The highest BCUT2D eigenvalue weighted by molar-refractivity contribution is 6.32. The molecule has 1 aromatic rings. The van der Waals surface area contributed by atoms with Gasteiger partial charge in [-0.15, -0.1) is 0 Å². The van der Waals surface area contributed by atoms with Crippen molar-refractivity contribution in [1.29, 1.82) is 0 Å². The topological polar surface area (TPSA) is 50.4 Å². The van der Waals surface area contributed by atoms with Gasteiger partial charge in [0.25, 0.3) is 0 Å². The Morgan fingerprint density at radius 3 is 3.00 bits per heavy atom. The number of hydrogen-bond acceptors (Lipinski definition) is 3. The second-order valence-corrected chi connectivity index (χ2v) is 5.03. The monoisotopic (exact) mass is 294 g/mol. The van der Waals surface area contributed by atoms with E-state index in [1.807, 2.05) is 12.1 Å². The molecule has 0 saturated heterocycles. The molecule has 1 amide bonds. The Hall–Kier alpha value is -1.52. The predicted octanol–water partition coefficient (Wildman–Crippen LogP) is 2.14. The van der Waals surface area contributed by atoms with E-state index >= 15 is 0 Å². The molecule has 1 aromatic carbocycles. The van der Waals surface area contributed by atoms with E-state index in [2.05, 4.69) is 16.7 Å². The lowest BCUT2D eigenvalue weighted by atomic mass is 10.1. The molecular weight excluding hydrogens is 276 g/mol. The molecule has 2 rings (SSSR count). The van der Waals surface area contributed by atoms with Gasteiger partial charge < -0.3 is 15.4 Å². The van der Waals surface area contributed by atoms with Crippen molar-refractivity contribution in [3.63, 3.8) is 0 Å². The molecule has 0 unspecified atom stereocenters. The van der Waals surface area contributed by atoms with Crippen molar-refractivity contribution in [2.45, 2.75) is 12.8 Å². The number of amides is 1. The van der Waals surface area contributed by atoms with Crippen molar-refractivity contribution < 1.29 is 9.53 Å². The Bertz CT molecular complexity index is 489. The second-order valence-electron chi connectivity index (χ2n) is 4.62. The molecule has 20 heavy (non-hydrogen) atoms. The van der Waals surface area contributed by atoms with Gasteiger partial charge in [0.1, 0.15) is 5.75 Å². The van der Waals surface area contributed by atoms with E-state index in [9.17, 15) is 4.79 Å².